The number of anilines is 1. The predicted octanol–water partition coefficient (Wildman–Crippen LogP) is 0.649. The van der Waals surface area contributed by atoms with E-state index in [9.17, 15) is 0 Å². The fraction of sp³-hybridized carbons (Fsp3) is 0.400. The van der Waals surface area contributed by atoms with Crippen molar-refractivity contribution in [2.75, 3.05) is 19.4 Å². The van der Waals surface area contributed by atoms with Crippen LogP contribution in [0.1, 0.15) is 6.92 Å². The molecular formula is C10H16N6. The van der Waals surface area contributed by atoms with E-state index in [1.165, 1.54) is 0 Å². The fourth-order valence-electron chi connectivity index (χ4n) is 1.39. The molecule has 1 aliphatic rings. The molecule has 16 heavy (non-hydrogen) atoms. The van der Waals surface area contributed by atoms with Crippen molar-refractivity contribution in [2.24, 2.45) is 9.98 Å². The Morgan fingerprint density at radius 2 is 2.19 bits per heavy atom. The van der Waals surface area contributed by atoms with Gasteiger partial charge in [-0.1, -0.05) is 0 Å². The molecule has 1 unspecified atom stereocenters. The van der Waals surface area contributed by atoms with Gasteiger partial charge in [-0.15, -0.1) is 0 Å². The second kappa shape index (κ2) is 4.26. The van der Waals surface area contributed by atoms with Crippen molar-refractivity contribution in [2.45, 2.75) is 13.1 Å². The van der Waals surface area contributed by atoms with Crippen LogP contribution < -0.4 is 10.6 Å². The Hall–Kier alpha value is -1.98. The average molecular weight is 220 g/mol. The lowest BCUT2D eigenvalue weighted by Crippen LogP contribution is -2.46. The fourth-order valence-corrected chi connectivity index (χ4v) is 1.39. The van der Waals surface area contributed by atoms with Crippen molar-refractivity contribution < 1.29 is 0 Å². The van der Waals surface area contributed by atoms with E-state index >= 15 is 0 Å². The Morgan fingerprint density at radius 1 is 1.38 bits per heavy atom. The number of rotatable bonds is 1. The molecule has 6 heteroatoms. The summed E-state index contributed by atoms with van der Waals surface area (Å²) >= 11 is 0. The molecule has 0 radical (unpaired) electrons. The van der Waals surface area contributed by atoms with E-state index in [0.717, 1.165) is 11.6 Å². The third kappa shape index (κ3) is 2.33. The van der Waals surface area contributed by atoms with Crippen molar-refractivity contribution in [1.82, 2.24) is 15.2 Å². The predicted molar refractivity (Wildman–Crippen MR) is 65.6 cm³/mol. The van der Waals surface area contributed by atoms with Gasteiger partial charge in [-0.2, -0.15) is 0 Å². The van der Waals surface area contributed by atoms with Crippen LogP contribution in [0, 0.1) is 0 Å². The largest absolute Gasteiger partial charge is 0.366 e. The molecular weight excluding hydrogens is 204 g/mol. The van der Waals surface area contributed by atoms with Crippen LogP contribution in [0.15, 0.2) is 28.4 Å². The molecule has 1 aromatic rings. The summed E-state index contributed by atoms with van der Waals surface area (Å²) in [5.41, 5.74) is 0.971. The summed E-state index contributed by atoms with van der Waals surface area (Å²) in [6.07, 6.45) is 3.66. The van der Waals surface area contributed by atoms with E-state index in [1.54, 1.807) is 0 Å². The topological polar surface area (TPSA) is 67.8 Å². The van der Waals surface area contributed by atoms with Crippen molar-refractivity contribution >= 4 is 17.6 Å². The number of hydrogen-bond donors (Lipinski definition) is 3. The minimum atomic E-state index is -0.0694. The van der Waals surface area contributed by atoms with Gasteiger partial charge in [0, 0.05) is 26.5 Å². The highest BCUT2D eigenvalue weighted by atomic mass is 15.4. The van der Waals surface area contributed by atoms with Gasteiger partial charge >= 0.3 is 0 Å². The van der Waals surface area contributed by atoms with Crippen LogP contribution in [-0.2, 0) is 0 Å². The van der Waals surface area contributed by atoms with Gasteiger partial charge in [0.15, 0.2) is 0 Å². The van der Waals surface area contributed by atoms with E-state index < -0.39 is 0 Å². The Labute approximate surface area is 94.5 Å². The number of aromatic amines is 1. The zero-order valence-corrected chi connectivity index (χ0v) is 9.65. The third-order valence-electron chi connectivity index (χ3n) is 2.14. The molecule has 0 bridgehead atoms. The maximum Gasteiger partial charge on any atom is 0.204 e. The molecule has 3 N–H and O–H groups in total. The Balaban J connectivity index is 2.07. The first kappa shape index (κ1) is 10.5. The molecule has 2 heterocycles. The molecule has 86 valence electrons. The van der Waals surface area contributed by atoms with Gasteiger partial charge in [0.1, 0.15) is 6.17 Å². The molecule has 0 saturated heterocycles. The number of nitrogens with one attached hydrogen (secondary N) is 3. The summed E-state index contributed by atoms with van der Waals surface area (Å²) in [6, 6.07) is 1.94. The van der Waals surface area contributed by atoms with Gasteiger partial charge in [0.05, 0.1) is 5.69 Å². The van der Waals surface area contributed by atoms with E-state index in [0.29, 0.717) is 5.96 Å². The summed E-state index contributed by atoms with van der Waals surface area (Å²) in [5, 5.41) is 6.30. The van der Waals surface area contributed by atoms with Crippen LogP contribution in [-0.4, -0.2) is 42.1 Å². The molecule has 1 aliphatic heterocycles. The summed E-state index contributed by atoms with van der Waals surface area (Å²) < 4.78 is 0. The second-order valence-corrected chi connectivity index (χ2v) is 3.81. The van der Waals surface area contributed by atoms with Crippen LogP contribution in [0.25, 0.3) is 0 Å². The first-order valence-electron chi connectivity index (χ1n) is 5.15. The SMILES string of the molecule is CC1N=C(Nc2cc[nH]c2)NC(N(C)C)=N1. The first-order chi connectivity index (χ1) is 7.65. The lowest BCUT2D eigenvalue weighted by molar-refractivity contribution is 0.582. The number of guanidine groups is 2. The van der Waals surface area contributed by atoms with Gasteiger partial charge in [0.2, 0.25) is 11.9 Å². The summed E-state index contributed by atoms with van der Waals surface area (Å²) in [4.78, 5) is 13.6. The Bertz CT molecular complexity index is 403. The summed E-state index contributed by atoms with van der Waals surface area (Å²) in [6.45, 7) is 1.95. The zero-order chi connectivity index (χ0) is 11.5. The minimum Gasteiger partial charge on any atom is -0.366 e. The van der Waals surface area contributed by atoms with Gasteiger partial charge in [-0.25, -0.2) is 9.98 Å². The molecule has 0 fully saturated rings. The highest BCUT2D eigenvalue weighted by molar-refractivity contribution is 6.06. The van der Waals surface area contributed by atoms with E-state index in [1.807, 2.05) is 44.4 Å². The number of aromatic nitrogens is 1. The average Bonchev–Trinajstić information content (AvgIpc) is 2.69. The maximum atomic E-state index is 4.36. The number of H-pyrrole nitrogens is 1. The smallest absolute Gasteiger partial charge is 0.204 e. The van der Waals surface area contributed by atoms with Crippen LogP contribution in [0.5, 0.6) is 0 Å². The molecule has 0 aliphatic carbocycles. The summed E-state index contributed by atoms with van der Waals surface area (Å²) in [5.74, 6) is 1.52. The molecule has 0 amide bonds. The van der Waals surface area contributed by atoms with Crippen molar-refractivity contribution in [1.29, 1.82) is 0 Å². The lowest BCUT2D eigenvalue weighted by atomic mass is 10.5. The van der Waals surface area contributed by atoms with Gasteiger partial charge in [0.25, 0.3) is 0 Å². The second-order valence-electron chi connectivity index (χ2n) is 3.81. The Kier molecular flexibility index (Phi) is 2.80. The normalized spacial score (nSPS) is 19.6. The standard InChI is InChI=1S/C10H16N6/c1-7-12-9(14-8-4-5-11-6-8)15-10(13-7)16(2)3/h4-7,11H,1-3H3,(H2,12,13,14,15). The monoisotopic (exact) mass is 220 g/mol. The summed E-state index contributed by atoms with van der Waals surface area (Å²) in [7, 11) is 3.88. The van der Waals surface area contributed by atoms with Gasteiger partial charge < -0.3 is 15.2 Å². The van der Waals surface area contributed by atoms with Crippen LogP contribution in [0.2, 0.25) is 0 Å². The molecule has 6 nitrogen and oxygen atoms in total. The highest BCUT2D eigenvalue weighted by Crippen LogP contribution is 2.06. The number of nitrogens with zero attached hydrogens (tertiary/aromatic N) is 3. The minimum absolute atomic E-state index is 0.0694. The molecule has 1 aromatic heterocycles. The van der Waals surface area contributed by atoms with Crippen LogP contribution >= 0.6 is 0 Å². The van der Waals surface area contributed by atoms with E-state index in [-0.39, 0.29) is 6.17 Å². The van der Waals surface area contributed by atoms with E-state index in [4.69, 9.17) is 0 Å². The first-order valence-corrected chi connectivity index (χ1v) is 5.15. The molecule has 2 rings (SSSR count). The van der Waals surface area contributed by atoms with Gasteiger partial charge in [-0.3, -0.25) is 5.32 Å². The molecule has 0 spiro atoms. The maximum absolute atomic E-state index is 4.36. The molecule has 0 saturated carbocycles. The van der Waals surface area contributed by atoms with Crippen molar-refractivity contribution in [3.05, 3.63) is 18.5 Å². The molecule has 0 aromatic carbocycles. The zero-order valence-electron chi connectivity index (χ0n) is 9.65. The van der Waals surface area contributed by atoms with Crippen LogP contribution in [0.3, 0.4) is 0 Å². The molecule has 1 atom stereocenters. The van der Waals surface area contributed by atoms with E-state index in [2.05, 4.69) is 25.6 Å². The number of hydrogen-bond acceptors (Lipinski definition) is 5. The highest BCUT2D eigenvalue weighted by Gasteiger charge is 2.14. The van der Waals surface area contributed by atoms with Crippen LogP contribution in [0.4, 0.5) is 5.69 Å². The number of aliphatic imine (C=N–C) groups is 2. The lowest BCUT2D eigenvalue weighted by Gasteiger charge is -2.24. The van der Waals surface area contributed by atoms with Crippen molar-refractivity contribution in [3.8, 4) is 0 Å². The Morgan fingerprint density at radius 3 is 2.81 bits per heavy atom. The quantitative estimate of drug-likeness (QED) is 0.651. The van der Waals surface area contributed by atoms with Crippen molar-refractivity contribution in [3.63, 3.8) is 0 Å². The van der Waals surface area contributed by atoms with Gasteiger partial charge in [-0.05, 0) is 13.0 Å². The third-order valence-corrected chi connectivity index (χ3v) is 2.14.